The first-order valence-corrected chi connectivity index (χ1v) is 7.19. The van der Waals surface area contributed by atoms with Crippen LogP contribution in [0.4, 0.5) is 5.82 Å². The van der Waals surface area contributed by atoms with Gasteiger partial charge in [-0.05, 0) is 25.3 Å². The second-order valence-corrected chi connectivity index (χ2v) is 5.27. The Bertz CT molecular complexity index is 600. The van der Waals surface area contributed by atoms with Gasteiger partial charge in [0.2, 0.25) is 0 Å². The Hall–Kier alpha value is -2.41. The zero-order valence-corrected chi connectivity index (χ0v) is 12.5. The molecular formula is C15H21N5O2. The highest BCUT2D eigenvalue weighted by molar-refractivity contribution is 6.09. The molecule has 0 bridgehead atoms. The Labute approximate surface area is 129 Å². The molecule has 1 aliphatic carbocycles. The van der Waals surface area contributed by atoms with Crippen molar-refractivity contribution in [1.29, 1.82) is 5.41 Å². The highest BCUT2D eigenvalue weighted by Gasteiger charge is 2.27. The van der Waals surface area contributed by atoms with Gasteiger partial charge in [-0.25, -0.2) is 4.98 Å². The maximum atomic E-state index is 12.4. The van der Waals surface area contributed by atoms with E-state index in [1.54, 1.807) is 19.3 Å². The average molecular weight is 303 g/mol. The smallest absolute Gasteiger partial charge is 0.255 e. The number of amides is 1. The zero-order chi connectivity index (χ0) is 16.1. The minimum absolute atomic E-state index is 0.127. The molecule has 2 atom stereocenters. The maximum absolute atomic E-state index is 12.4. The number of carbonyl (C=O) groups excluding carboxylic acids is 1. The summed E-state index contributed by atoms with van der Waals surface area (Å²) in [6.45, 7) is 0. The molecule has 1 amide bonds. The number of aliphatic hydroxyl groups excluding tert-OH is 1. The number of nitrogens with zero attached hydrogens (tertiary/aromatic N) is 1. The summed E-state index contributed by atoms with van der Waals surface area (Å²) in [7, 11) is 1.73. The average Bonchev–Trinajstić information content (AvgIpc) is 2.90. The number of allylic oxidation sites excluding steroid dienone is 1. The summed E-state index contributed by atoms with van der Waals surface area (Å²) in [5.41, 5.74) is 7.25. The van der Waals surface area contributed by atoms with Crippen molar-refractivity contribution >= 4 is 23.5 Å². The lowest BCUT2D eigenvalue weighted by Gasteiger charge is -2.17. The Kier molecular flexibility index (Phi) is 5.11. The van der Waals surface area contributed by atoms with E-state index >= 15 is 0 Å². The summed E-state index contributed by atoms with van der Waals surface area (Å²) in [5.74, 6) is -0.228. The van der Waals surface area contributed by atoms with E-state index in [9.17, 15) is 9.90 Å². The number of pyridine rings is 1. The quantitative estimate of drug-likeness (QED) is 0.507. The number of nitrogens with one attached hydrogen (secondary N) is 3. The molecule has 0 unspecified atom stereocenters. The van der Waals surface area contributed by atoms with Gasteiger partial charge in [-0.1, -0.05) is 0 Å². The fourth-order valence-corrected chi connectivity index (χ4v) is 2.53. The van der Waals surface area contributed by atoms with Gasteiger partial charge in [0.05, 0.1) is 17.7 Å². The van der Waals surface area contributed by atoms with Crippen LogP contribution in [-0.4, -0.2) is 41.4 Å². The fourth-order valence-electron chi connectivity index (χ4n) is 2.53. The van der Waals surface area contributed by atoms with Gasteiger partial charge >= 0.3 is 0 Å². The summed E-state index contributed by atoms with van der Waals surface area (Å²) in [6.07, 6.45) is 6.16. The van der Waals surface area contributed by atoms with Crippen LogP contribution in [0.15, 0.2) is 18.5 Å². The van der Waals surface area contributed by atoms with Crippen molar-refractivity contribution in [2.45, 2.75) is 31.4 Å². The van der Waals surface area contributed by atoms with Crippen LogP contribution in [0.2, 0.25) is 0 Å². The van der Waals surface area contributed by atoms with Crippen LogP contribution in [0.5, 0.6) is 0 Å². The number of rotatable bonds is 5. The molecular weight excluding hydrogens is 282 g/mol. The van der Waals surface area contributed by atoms with Gasteiger partial charge in [0.25, 0.3) is 5.91 Å². The summed E-state index contributed by atoms with van der Waals surface area (Å²) >= 11 is 0. The van der Waals surface area contributed by atoms with Crippen LogP contribution in [0.1, 0.15) is 35.2 Å². The van der Waals surface area contributed by atoms with Gasteiger partial charge in [-0.15, -0.1) is 0 Å². The van der Waals surface area contributed by atoms with Crippen LogP contribution in [-0.2, 0) is 0 Å². The van der Waals surface area contributed by atoms with Crippen LogP contribution in [0.3, 0.4) is 0 Å². The van der Waals surface area contributed by atoms with Crippen LogP contribution in [0.25, 0.3) is 5.57 Å². The van der Waals surface area contributed by atoms with Crippen molar-refractivity contribution in [1.82, 2.24) is 15.6 Å². The van der Waals surface area contributed by atoms with E-state index in [-0.39, 0.29) is 23.3 Å². The van der Waals surface area contributed by atoms with Gasteiger partial charge in [-0.3, -0.25) is 4.79 Å². The molecule has 1 fully saturated rings. The zero-order valence-electron chi connectivity index (χ0n) is 12.5. The number of hydrogen-bond donors (Lipinski definition) is 5. The largest absolute Gasteiger partial charge is 0.393 e. The first-order valence-electron chi connectivity index (χ1n) is 7.19. The second kappa shape index (κ2) is 7.04. The van der Waals surface area contributed by atoms with E-state index in [1.165, 1.54) is 12.4 Å². The summed E-state index contributed by atoms with van der Waals surface area (Å²) < 4.78 is 0. The van der Waals surface area contributed by atoms with Gasteiger partial charge in [0.1, 0.15) is 5.82 Å². The molecule has 0 aromatic carbocycles. The number of nitrogens with two attached hydrogens (primary N) is 1. The Morgan fingerprint density at radius 1 is 1.55 bits per heavy atom. The number of carbonyl (C=O) groups is 1. The maximum Gasteiger partial charge on any atom is 0.255 e. The molecule has 1 aromatic rings. The Balaban J connectivity index is 2.24. The number of hydrogen-bond acceptors (Lipinski definition) is 6. The van der Waals surface area contributed by atoms with E-state index in [1.807, 2.05) is 0 Å². The molecule has 1 saturated carbocycles. The second-order valence-electron chi connectivity index (χ2n) is 5.27. The number of nitrogen functional groups attached to an aromatic ring is 1. The van der Waals surface area contributed by atoms with Crippen molar-refractivity contribution in [3.63, 3.8) is 0 Å². The monoisotopic (exact) mass is 303 g/mol. The predicted molar refractivity (Wildman–Crippen MR) is 85.6 cm³/mol. The number of aliphatic hydroxyl groups is 1. The van der Waals surface area contributed by atoms with Crippen LogP contribution in [0, 0.1) is 5.41 Å². The Morgan fingerprint density at radius 2 is 2.32 bits per heavy atom. The summed E-state index contributed by atoms with van der Waals surface area (Å²) in [5, 5.41) is 22.8. The predicted octanol–water partition coefficient (Wildman–Crippen LogP) is 0.517. The minimum atomic E-state index is -0.511. The van der Waals surface area contributed by atoms with Crippen molar-refractivity contribution in [3.05, 3.63) is 29.6 Å². The molecule has 6 N–H and O–H groups in total. The lowest BCUT2D eigenvalue weighted by molar-refractivity contribution is 0.0874. The molecule has 1 aromatic heterocycles. The highest BCUT2D eigenvalue weighted by atomic mass is 16.3. The number of aromatic nitrogens is 1. The molecule has 7 heteroatoms. The first kappa shape index (κ1) is 16.0. The molecule has 0 spiro atoms. The van der Waals surface area contributed by atoms with Gasteiger partial charge in [0.15, 0.2) is 0 Å². The molecule has 0 aliphatic heterocycles. The normalized spacial score (nSPS) is 21.5. The van der Waals surface area contributed by atoms with Crippen molar-refractivity contribution in [2.75, 3.05) is 12.8 Å². The third kappa shape index (κ3) is 3.43. The van der Waals surface area contributed by atoms with Crippen molar-refractivity contribution in [2.24, 2.45) is 0 Å². The minimum Gasteiger partial charge on any atom is -0.393 e. The highest BCUT2D eigenvalue weighted by Crippen LogP contribution is 2.21. The SMILES string of the molecule is CN/C=C(\C=N)c1cnc(N)c(C(=O)N[C@H]2CCC[C@@H]2O)c1. The molecule has 1 heterocycles. The van der Waals surface area contributed by atoms with Crippen LogP contribution >= 0.6 is 0 Å². The standard InChI is InChI=1S/C15H21N5O2/c1-18-7-10(6-16)9-5-11(14(17)19-8-9)15(22)20-12-3-2-4-13(12)21/h5-8,12-13,16,18,21H,2-4H2,1H3,(H2,17,19)(H,20,22)/b10-7+,16-6?/t12-,13-/m0/s1. The Morgan fingerprint density at radius 3 is 2.91 bits per heavy atom. The lowest BCUT2D eigenvalue weighted by atomic mass is 10.1. The van der Waals surface area contributed by atoms with E-state index in [0.717, 1.165) is 12.8 Å². The molecule has 0 radical (unpaired) electrons. The third-order valence-corrected chi connectivity index (χ3v) is 3.75. The molecule has 22 heavy (non-hydrogen) atoms. The van der Waals surface area contributed by atoms with Gasteiger partial charge in [-0.2, -0.15) is 0 Å². The van der Waals surface area contributed by atoms with E-state index in [2.05, 4.69) is 15.6 Å². The molecule has 0 saturated heterocycles. The van der Waals surface area contributed by atoms with Crippen LogP contribution < -0.4 is 16.4 Å². The molecule has 7 nitrogen and oxygen atoms in total. The van der Waals surface area contributed by atoms with E-state index in [4.69, 9.17) is 11.1 Å². The third-order valence-electron chi connectivity index (χ3n) is 3.75. The van der Waals surface area contributed by atoms with Crippen molar-refractivity contribution < 1.29 is 9.90 Å². The van der Waals surface area contributed by atoms with Gasteiger partial charge < -0.3 is 26.9 Å². The summed E-state index contributed by atoms with van der Waals surface area (Å²) in [4.78, 5) is 16.4. The number of anilines is 1. The molecule has 2 rings (SSSR count). The molecule has 118 valence electrons. The van der Waals surface area contributed by atoms with E-state index < -0.39 is 6.10 Å². The first-order chi connectivity index (χ1) is 10.6. The molecule has 1 aliphatic rings. The summed E-state index contributed by atoms with van der Waals surface area (Å²) in [6, 6.07) is 1.36. The fraction of sp³-hybridized carbons (Fsp3) is 0.400. The van der Waals surface area contributed by atoms with E-state index in [0.29, 0.717) is 17.6 Å². The lowest BCUT2D eigenvalue weighted by Crippen LogP contribution is -2.40. The topological polar surface area (TPSA) is 124 Å². The van der Waals surface area contributed by atoms with Crippen molar-refractivity contribution in [3.8, 4) is 0 Å². The van der Waals surface area contributed by atoms with Gasteiger partial charge in [0, 0.05) is 36.8 Å².